The van der Waals surface area contributed by atoms with Crippen LogP contribution in [0.15, 0.2) is 36.5 Å². The Labute approximate surface area is 120 Å². The molecule has 0 aliphatic heterocycles. The molecule has 100 valence electrons. The van der Waals surface area contributed by atoms with E-state index in [1.165, 1.54) is 11.3 Å². The monoisotopic (exact) mass is 295 g/mol. The number of carbonyl (C=O) groups excluding carboxylic acids is 1. The smallest absolute Gasteiger partial charge is 0.315 e. The maximum atomic E-state index is 11.7. The van der Waals surface area contributed by atoms with E-state index in [9.17, 15) is 4.79 Å². The van der Waals surface area contributed by atoms with E-state index in [0.717, 1.165) is 14.9 Å². The van der Waals surface area contributed by atoms with Crippen LogP contribution in [0.3, 0.4) is 0 Å². The highest BCUT2D eigenvalue weighted by atomic mass is 35.5. The Hall–Kier alpha value is -1.59. The summed E-state index contributed by atoms with van der Waals surface area (Å²) in [6.07, 6.45) is 1.71. The minimum absolute atomic E-state index is 0.131. The van der Waals surface area contributed by atoms with Crippen molar-refractivity contribution in [2.24, 2.45) is 0 Å². The van der Waals surface area contributed by atoms with E-state index in [2.05, 4.69) is 15.6 Å². The molecule has 19 heavy (non-hydrogen) atoms. The van der Waals surface area contributed by atoms with Crippen molar-refractivity contribution in [3.63, 3.8) is 0 Å². The molecule has 0 saturated heterocycles. The van der Waals surface area contributed by atoms with Gasteiger partial charge in [-0.15, -0.1) is 11.3 Å². The van der Waals surface area contributed by atoms with Gasteiger partial charge in [-0.25, -0.2) is 4.79 Å². The third-order valence-electron chi connectivity index (χ3n) is 2.53. The normalized spacial score (nSPS) is 11.9. The second-order valence-electron chi connectivity index (χ2n) is 4.01. The van der Waals surface area contributed by atoms with Crippen molar-refractivity contribution < 1.29 is 4.79 Å². The third kappa shape index (κ3) is 4.22. The van der Waals surface area contributed by atoms with Crippen molar-refractivity contribution in [3.8, 4) is 0 Å². The fourth-order valence-corrected chi connectivity index (χ4v) is 2.60. The first kappa shape index (κ1) is 13.8. The number of nitrogens with zero attached hydrogens (tertiary/aromatic N) is 1. The fraction of sp³-hybridized carbons (Fsp3) is 0.231. The Morgan fingerprint density at radius 1 is 1.42 bits per heavy atom. The van der Waals surface area contributed by atoms with Crippen LogP contribution in [0.25, 0.3) is 0 Å². The first-order valence-corrected chi connectivity index (χ1v) is 7.04. The largest absolute Gasteiger partial charge is 0.333 e. The molecule has 4 nitrogen and oxygen atoms in total. The van der Waals surface area contributed by atoms with Gasteiger partial charge in [0, 0.05) is 11.1 Å². The van der Waals surface area contributed by atoms with E-state index < -0.39 is 0 Å². The Bertz CT molecular complexity index is 544. The lowest BCUT2D eigenvalue weighted by molar-refractivity contribution is 0.237. The lowest BCUT2D eigenvalue weighted by Crippen LogP contribution is -2.36. The number of thiophene rings is 1. The molecular formula is C13H14ClN3OS. The SMILES string of the molecule is CC(NC(=O)NCc1ccc(Cl)s1)c1ccccn1. The van der Waals surface area contributed by atoms with Crippen molar-refractivity contribution in [1.82, 2.24) is 15.6 Å². The number of nitrogens with one attached hydrogen (secondary N) is 2. The number of halogens is 1. The molecule has 2 N–H and O–H groups in total. The number of aromatic nitrogens is 1. The molecule has 1 unspecified atom stereocenters. The van der Waals surface area contributed by atoms with Gasteiger partial charge in [0.05, 0.1) is 22.6 Å². The lowest BCUT2D eigenvalue weighted by atomic mass is 10.2. The zero-order valence-corrected chi connectivity index (χ0v) is 12.0. The minimum Gasteiger partial charge on any atom is -0.333 e. The third-order valence-corrected chi connectivity index (χ3v) is 3.76. The molecule has 1 atom stereocenters. The molecule has 0 spiro atoms. The number of pyridine rings is 1. The van der Waals surface area contributed by atoms with E-state index in [-0.39, 0.29) is 12.1 Å². The summed E-state index contributed by atoms with van der Waals surface area (Å²) in [4.78, 5) is 16.9. The van der Waals surface area contributed by atoms with E-state index in [0.29, 0.717) is 6.54 Å². The number of amides is 2. The zero-order valence-electron chi connectivity index (χ0n) is 10.4. The second kappa shape index (κ2) is 6.54. The summed E-state index contributed by atoms with van der Waals surface area (Å²) in [7, 11) is 0. The van der Waals surface area contributed by atoms with Gasteiger partial charge in [0.2, 0.25) is 0 Å². The van der Waals surface area contributed by atoms with Crippen LogP contribution >= 0.6 is 22.9 Å². The number of carbonyl (C=O) groups is 1. The van der Waals surface area contributed by atoms with Crippen LogP contribution in [0, 0.1) is 0 Å². The molecule has 2 rings (SSSR count). The molecule has 0 saturated carbocycles. The average molecular weight is 296 g/mol. The molecular weight excluding hydrogens is 282 g/mol. The molecule has 0 fully saturated rings. The number of hydrogen-bond donors (Lipinski definition) is 2. The summed E-state index contributed by atoms with van der Waals surface area (Å²) >= 11 is 7.28. The summed E-state index contributed by atoms with van der Waals surface area (Å²) in [5.41, 5.74) is 0.830. The highest BCUT2D eigenvalue weighted by Crippen LogP contribution is 2.20. The molecule has 0 aliphatic rings. The first-order valence-electron chi connectivity index (χ1n) is 5.84. The van der Waals surface area contributed by atoms with Crippen LogP contribution in [0.5, 0.6) is 0 Å². The quantitative estimate of drug-likeness (QED) is 0.909. The molecule has 0 bridgehead atoms. The molecule has 2 aromatic rings. The summed E-state index contributed by atoms with van der Waals surface area (Å²) in [5, 5.41) is 5.62. The van der Waals surface area contributed by atoms with Crippen molar-refractivity contribution in [2.75, 3.05) is 0 Å². The van der Waals surface area contributed by atoms with Gasteiger partial charge in [0.25, 0.3) is 0 Å². The van der Waals surface area contributed by atoms with Gasteiger partial charge in [0.1, 0.15) is 0 Å². The van der Waals surface area contributed by atoms with E-state index in [1.807, 2.05) is 37.3 Å². The highest BCUT2D eigenvalue weighted by Gasteiger charge is 2.09. The Balaban J connectivity index is 1.81. The molecule has 0 aliphatic carbocycles. The highest BCUT2D eigenvalue weighted by molar-refractivity contribution is 7.16. The molecule has 2 amide bonds. The van der Waals surface area contributed by atoms with Crippen LogP contribution in [-0.4, -0.2) is 11.0 Å². The molecule has 2 heterocycles. The maximum absolute atomic E-state index is 11.7. The van der Waals surface area contributed by atoms with Crippen LogP contribution in [-0.2, 0) is 6.54 Å². The summed E-state index contributed by atoms with van der Waals surface area (Å²) in [5.74, 6) is 0. The molecule has 0 radical (unpaired) electrons. The Kier molecular flexibility index (Phi) is 4.76. The standard InChI is InChI=1S/C13H14ClN3OS/c1-9(11-4-2-3-7-15-11)17-13(18)16-8-10-5-6-12(14)19-10/h2-7,9H,8H2,1H3,(H2,16,17,18). The van der Waals surface area contributed by atoms with Crippen LogP contribution in [0.2, 0.25) is 4.34 Å². The average Bonchev–Trinajstić information content (AvgIpc) is 2.83. The number of urea groups is 1. The van der Waals surface area contributed by atoms with Gasteiger partial charge in [0.15, 0.2) is 0 Å². The van der Waals surface area contributed by atoms with Gasteiger partial charge >= 0.3 is 6.03 Å². The Morgan fingerprint density at radius 3 is 2.89 bits per heavy atom. The van der Waals surface area contributed by atoms with Crippen molar-refractivity contribution in [2.45, 2.75) is 19.5 Å². The predicted octanol–water partition coefficient (Wildman–Crippen LogP) is 3.36. The topological polar surface area (TPSA) is 54.0 Å². The zero-order chi connectivity index (χ0) is 13.7. The van der Waals surface area contributed by atoms with Crippen molar-refractivity contribution >= 4 is 29.0 Å². The molecule has 0 aromatic carbocycles. The maximum Gasteiger partial charge on any atom is 0.315 e. The Morgan fingerprint density at radius 2 is 2.26 bits per heavy atom. The van der Waals surface area contributed by atoms with Crippen LogP contribution < -0.4 is 10.6 Å². The van der Waals surface area contributed by atoms with Crippen LogP contribution in [0.4, 0.5) is 4.79 Å². The van der Waals surface area contributed by atoms with Gasteiger partial charge in [-0.2, -0.15) is 0 Å². The summed E-state index contributed by atoms with van der Waals surface area (Å²) in [6, 6.07) is 8.98. The second-order valence-corrected chi connectivity index (χ2v) is 5.81. The van der Waals surface area contributed by atoms with Gasteiger partial charge in [-0.1, -0.05) is 17.7 Å². The van der Waals surface area contributed by atoms with Gasteiger partial charge < -0.3 is 10.6 Å². The van der Waals surface area contributed by atoms with Crippen molar-refractivity contribution in [3.05, 3.63) is 51.4 Å². The van der Waals surface area contributed by atoms with Crippen molar-refractivity contribution in [1.29, 1.82) is 0 Å². The van der Waals surface area contributed by atoms with Gasteiger partial charge in [-0.3, -0.25) is 4.98 Å². The molecule has 2 aromatic heterocycles. The lowest BCUT2D eigenvalue weighted by Gasteiger charge is -2.13. The minimum atomic E-state index is -0.220. The van der Waals surface area contributed by atoms with E-state index in [1.54, 1.807) is 6.20 Å². The number of rotatable bonds is 4. The van der Waals surface area contributed by atoms with Gasteiger partial charge in [-0.05, 0) is 31.2 Å². The van der Waals surface area contributed by atoms with E-state index in [4.69, 9.17) is 11.6 Å². The number of hydrogen-bond acceptors (Lipinski definition) is 3. The van der Waals surface area contributed by atoms with E-state index >= 15 is 0 Å². The summed E-state index contributed by atoms with van der Waals surface area (Å²) in [6.45, 7) is 2.36. The summed E-state index contributed by atoms with van der Waals surface area (Å²) < 4.78 is 0.721. The fourth-order valence-electron chi connectivity index (χ4n) is 1.57. The first-order chi connectivity index (χ1) is 9.15. The molecule has 6 heteroatoms. The van der Waals surface area contributed by atoms with Crippen LogP contribution in [0.1, 0.15) is 23.5 Å². The predicted molar refractivity (Wildman–Crippen MR) is 77.4 cm³/mol.